The first-order valence-electron chi connectivity index (χ1n) is 12.3. The van der Waals surface area contributed by atoms with E-state index in [4.69, 9.17) is 0 Å². The molecule has 35 heavy (non-hydrogen) atoms. The number of nitrogens with one attached hydrogen (secondary N) is 2. The lowest BCUT2D eigenvalue weighted by Crippen LogP contribution is -2.40. The Kier molecular flexibility index (Phi) is 12.0. The van der Waals surface area contributed by atoms with Crippen molar-refractivity contribution in [2.24, 2.45) is 0 Å². The van der Waals surface area contributed by atoms with Crippen molar-refractivity contribution >= 4 is 25.1 Å². The van der Waals surface area contributed by atoms with Crippen molar-refractivity contribution < 1.29 is 19.2 Å². The van der Waals surface area contributed by atoms with Crippen LogP contribution in [0.3, 0.4) is 0 Å². The zero-order valence-electron chi connectivity index (χ0n) is 21.1. The fraction of sp³-hybridized carbons (Fsp3) is 0.556. The van der Waals surface area contributed by atoms with Crippen LogP contribution >= 0.6 is 0 Å². The Morgan fingerprint density at radius 1 is 1.17 bits per heavy atom. The Labute approximate surface area is 208 Å². The Bertz CT molecular complexity index is 915. The van der Waals surface area contributed by atoms with Crippen molar-refractivity contribution in [1.29, 1.82) is 0 Å². The molecule has 2 rings (SSSR count). The first-order valence-corrected chi connectivity index (χ1v) is 12.3. The van der Waals surface area contributed by atoms with Crippen LogP contribution in [-0.2, 0) is 25.7 Å². The van der Waals surface area contributed by atoms with Gasteiger partial charge in [0, 0.05) is 49.6 Å². The lowest BCUT2D eigenvalue weighted by Gasteiger charge is -2.34. The molecule has 1 unspecified atom stereocenters. The summed E-state index contributed by atoms with van der Waals surface area (Å²) in [6.07, 6.45) is 7.62. The van der Waals surface area contributed by atoms with E-state index >= 15 is 0 Å². The Balaban J connectivity index is 1.88. The van der Waals surface area contributed by atoms with Crippen LogP contribution < -0.4 is 10.6 Å². The smallest absolute Gasteiger partial charge is 0.226 e. The van der Waals surface area contributed by atoms with E-state index < -0.39 is 0 Å². The molecule has 0 bridgehead atoms. The van der Waals surface area contributed by atoms with Gasteiger partial charge in [-0.1, -0.05) is 17.9 Å². The van der Waals surface area contributed by atoms with Gasteiger partial charge in [-0.25, -0.2) is 0 Å². The van der Waals surface area contributed by atoms with E-state index in [9.17, 15) is 19.2 Å². The minimum Gasteiger partial charge on any atom is -0.356 e. The normalized spacial score (nSPS) is 18.1. The van der Waals surface area contributed by atoms with E-state index in [0.29, 0.717) is 31.5 Å². The maximum absolute atomic E-state index is 11.7. The topological polar surface area (TPSA) is 98.8 Å². The SMILES string of the molecule is Cc1ccc(C#CCCN(C)C2CCC(NC=O)CC2)cc1CN(C=O)C(C)CCC(=O)NC=O. The largest absolute Gasteiger partial charge is 0.356 e. The van der Waals surface area contributed by atoms with Crippen LogP contribution in [0.4, 0.5) is 0 Å². The summed E-state index contributed by atoms with van der Waals surface area (Å²) in [5.41, 5.74) is 3.01. The number of imide groups is 1. The molecule has 8 nitrogen and oxygen atoms in total. The molecule has 1 fully saturated rings. The molecular weight excluding hydrogens is 444 g/mol. The highest BCUT2D eigenvalue weighted by Gasteiger charge is 2.23. The molecule has 1 saturated carbocycles. The van der Waals surface area contributed by atoms with Gasteiger partial charge in [0.1, 0.15) is 0 Å². The Hall–Kier alpha value is -3.18. The van der Waals surface area contributed by atoms with Gasteiger partial charge in [-0.2, -0.15) is 0 Å². The first-order chi connectivity index (χ1) is 16.9. The second kappa shape index (κ2) is 14.9. The Morgan fingerprint density at radius 3 is 2.57 bits per heavy atom. The monoisotopic (exact) mass is 482 g/mol. The summed E-state index contributed by atoms with van der Waals surface area (Å²) in [5, 5.41) is 5.01. The minimum atomic E-state index is -0.348. The summed E-state index contributed by atoms with van der Waals surface area (Å²) >= 11 is 0. The summed E-state index contributed by atoms with van der Waals surface area (Å²) in [6, 6.07) is 6.74. The molecule has 4 amide bonds. The van der Waals surface area contributed by atoms with E-state index in [1.54, 1.807) is 4.90 Å². The summed E-state index contributed by atoms with van der Waals surface area (Å²) in [7, 11) is 2.14. The second-order valence-electron chi connectivity index (χ2n) is 9.31. The van der Waals surface area contributed by atoms with Gasteiger partial charge in [0.2, 0.25) is 25.1 Å². The molecule has 1 aromatic rings. The Morgan fingerprint density at radius 2 is 1.91 bits per heavy atom. The second-order valence-corrected chi connectivity index (χ2v) is 9.31. The van der Waals surface area contributed by atoms with Gasteiger partial charge in [-0.05, 0) is 76.3 Å². The van der Waals surface area contributed by atoms with Crippen LogP contribution in [0.1, 0.15) is 68.6 Å². The zero-order chi connectivity index (χ0) is 25.6. The van der Waals surface area contributed by atoms with Crippen molar-refractivity contribution in [3.8, 4) is 11.8 Å². The van der Waals surface area contributed by atoms with Gasteiger partial charge < -0.3 is 15.1 Å². The van der Waals surface area contributed by atoms with Crippen molar-refractivity contribution in [3.05, 3.63) is 34.9 Å². The molecular formula is C27H38N4O4. The quantitative estimate of drug-likeness (QED) is 0.332. The van der Waals surface area contributed by atoms with Crippen LogP contribution in [0.15, 0.2) is 18.2 Å². The average Bonchev–Trinajstić information content (AvgIpc) is 2.86. The van der Waals surface area contributed by atoms with Crippen molar-refractivity contribution in [2.75, 3.05) is 13.6 Å². The summed E-state index contributed by atoms with van der Waals surface area (Å²) in [5.74, 6) is 6.18. The van der Waals surface area contributed by atoms with Gasteiger partial charge in [0.15, 0.2) is 0 Å². The molecule has 0 heterocycles. The number of carbonyl (C=O) groups is 4. The third-order valence-electron chi connectivity index (χ3n) is 6.86. The van der Waals surface area contributed by atoms with Crippen molar-refractivity contribution in [3.63, 3.8) is 0 Å². The van der Waals surface area contributed by atoms with Crippen molar-refractivity contribution in [1.82, 2.24) is 20.4 Å². The predicted octanol–water partition coefficient (Wildman–Crippen LogP) is 2.13. The molecule has 0 spiro atoms. The van der Waals surface area contributed by atoms with E-state index in [2.05, 4.69) is 34.4 Å². The van der Waals surface area contributed by atoms with Crippen LogP contribution in [0.25, 0.3) is 0 Å². The fourth-order valence-electron chi connectivity index (χ4n) is 4.42. The number of carbonyl (C=O) groups excluding carboxylic acids is 4. The average molecular weight is 483 g/mol. The molecule has 2 N–H and O–H groups in total. The van der Waals surface area contributed by atoms with Crippen molar-refractivity contribution in [2.45, 2.75) is 83.5 Å². The van der Waals surface area contributed by atoms with Crippen LogP contribution in [0.2, 0.25) is 0 Å². The maximum Gasteiger partial charge on any atom is 0.226 e. The third-order valence-corrected chi connectivity index (χ3v) is 6.86. The molecule has 1 aliphatic rings. The number of amides is 4. The van der Waals surface area contributed by atoms with Crippen LogP contribution in [0.5, 0.6) is 0 Å². The minimum absolute atomic E-state index is 0.140. The lowest BCUT2D eigenvalue weighted by molar-refractivity contribution is -0.126. The van der Waals surface area contributed by atoms with Crippen LogP contribution in [0, 0.1) is 18.8 Å². The fourth-order valence-corrected chi connectivity index (χ4v) is 4.42. The molecule has 0 saturated heterocycles. The maximum atomic E-state index is 11.7. The number of hydrogen-bond donors (Lipinski definition) is 2. The van der Waals surface area contributed by atoms with Gasteiger partial charge in [0.05, 0.1) is 0 Å². The van der Waals surface area contributed by atoms with Gasteiger partial charge in [0.25, 0.3) is 0 Å². The number of aryl methyl sites for hydroxylation is 1. The summed E-state index contributed by atoms with van der Waals surface area (Å²) < 4.78 is 0. The molecule has 1 aromatic carbocycles. The summed E-state index contributed by atoms with van der Waals surface area (Å²) in [6.45, 7) is 5.23. The lowest BCUT2D eigenvalue weighted by atomic mass is 9.90. The molecule has 0 radical (unpaired) electrons. The van der Waals surface area contributed by atoms with E-state index in [1.807, 2.05) is 32.0 Å². The molecule has 190 valence electrons. The van der Waals surface area contributed by atoms with Gasteiger partial charge in [-0.15, -0.1) is 0 Å². The highest BCUT2D eigenvalue weighted by Crippen LogP contribution is 2.22. The first kappa shape index (κ1) is 28.1. The predicted molar refractivity (Wildman–Crippen MR) is 135 cm³/mol. The molecule has 0 aliphatic heterocycles. The van der Waals surface area contributed by atoms with Crippen LogP contribution in [-0.4, -0.2) is 66.7 Å². The highest BCUT2D eigenvalue weighted by atomic mass is 16.2. The van der Waals surface area contributed by atoms with Gasteiger partial charge >= 0.3 is 0 Å². The number of nitrogens with zero attached hydrogens (tertiary/aromatic N) is 2. The zero-order valence-corrected chi connectivity index (χ0v) is 21.1. The number of hydrogen-bond acceptors (Lipinski definition) is 5. The van der Waals surface area contributed by atoms with E-state index in [-0.39, 0.29) is 18.4 Å². The highest BCUT2D eigenvalue weighted by molar-refractivity contribution is 5.85. The molecule has 0 aromatic heterocycles. The standard InChI is InChI=1S/C27H38N4O4/c1-21-7-9-23(6-4-5-15-30(3)26-12-10-25(11-13-26)28-18-32)16-24(21)17-31(20-34)22(2)8-14-27(35)29-19-33/h7,9,16,18-20,22,25-26H,5,8,10-15,17H2,1-3H3,(H,28,32)(H,29,33,35). The molecule has 1 atom stereocenters. The van der Waals surface area contributed by atoms with Gasteiger partial charge in [-0.3, -0.25) is 24.5 Å². The van der Waals surface area contributed by atoms with E-state index in [1.165, 1.54) is 0 Å². The number of benzene rings is 1. The molecule has 8 heteroatoms. The number of rotatable bonds is 13. The third kappa shape index (κ3) is 9.53. The summed E-state index contributed by atoms with van der Waals surface area (Å²) in [4.78, 5) is 48.2. The van der Waals surface area contributed by atoms with E-state index in [0.717, 1.165) is 68.2 Å². The molecule has 1 aliphatic carbocycles.